The molecule has 32 heavy (non-hydrogen) atoms. The predicted molar refractivity (Wildman–Crippen MR) is 129 cm³/mol. The summed E-state index contributed by atoms with van der Waals surface area (Å²) in [5, 5.41) is 14.4. The van der Waals surface area contributed by atoms with E-state index in [9.17, 15) is 9.90 Å². The van der Waals surface area contributed by atoms with Crippen LogP contribution < -0.4 is 5.32 Å². The average molecular weight is 472 g/mol. The summed E-state index contributed by atoms with van der Waals surface area (Å²) >= 11 is 12.2. The third-order valence-electron chi connectivity index (χ3n) is 5.15. The number of aliphatic hydroxyl groups excluding tert-OH is 1. The van der Waals surface area contributed by atoms with Crippen molar-refractivity contribution in [2.24, 2.45) is 0 Å². The van der Waals surface area contributed by atoms with Crippen molar-refractivity contribution in [1.29, 1.82) is 0 Å². The number of benzene rings is 2. The van der Waals surface area contributed by atoms with Gasteiger partial charge in [-0.05, 0) is 48.2 Å². The van der Waals surface area contributed by atoms with E-state index < -0.39 is 6.10 Å². The van der Waals surface area contributed by atoms with Crippen molar-refractivity contribution in [2.75, 3.05) is 26.2 Å². The summed E-state index contributed by atoms with van der Waals surface area (Å²) in [6.45, 7) is 2.15. The Morgan fingerprint density at radius 1 is 0.969 bits per heavy atom. The minimum atomic E-state index is -0.694. The largest absolute Gasteiger partial charge is 0.390 e. The number of hydrogen-bond donors (Lipinski definition) is 2. The van der Waals surface area contributed by atoms with E-state index in [0.717, 1.165) is 31.5 Å². The number of amides is 1. The van der Waals surface area contributed by atoms with Crippen molar-refractivity contribution in [1.82, 2.24) is 15.2 Å². The van der Waals surface area contributed by atoms with Crippen molar-refractivity contribution in [3.8, 4) is 0 Å². The molecule has 3 aromatic rings. The summed E-state index contributed by atoms with van der Waals surface area (Å²) in [6.07, 6.45) is 4.08. The fraction of sp³-hybridized carbons (Fsp3) is 0.280. The van der Waals surface area contributed by atoms with Crippen molar-refractivity contribution in [3.63, 3.8) is 0 Å². The molecule has 0 radical (unpaired) electrons. The second kappa shape index (κ2) is 12.6. The van der Waals surface area contributed by atoms with Crippen molar-refractivity contribution in [3.05, 3.63) is 99.8 Å². The minimum absolute atomic E-state index is 0.169. The van der Waals surface area contributed by atoms with Crippen LogP contribution in [0.2, 0.25) is 10.0 Å². The number of carbonyl (C=O) groups is 1. The maximum Gasteiger partial charge on any atom is 0.252 e. The summed E-state index contributed by atoms with van der Waals surface area (Å²) in [6, 6.07) is 19.3. The molecule has 2 aromatic carbocycles. The number of nitrogens with zero attached hydrogens (tertiary/aromatic N) is 2. The SMILES string of the molecule is O=C(NCC(O)CN(CCc1ccccc1)CCc1ccc(Cl)c(Cl)c1)c1cccnc1. The molecule has 3 rings (SSSR count). The molecule has 1 heterocycles. The summed E-state index contributed by atoms with van der Waals surface area (Å²) in [4.78, 5) is 18.4. The highest BCUT2D eigenvalue weighted by Crippen LogP contribution is 2.23. The molecule has 0 aliphatic carbocycles. The predicted octanol–water partition coefficient (Wildman–Crippen LogP) is 4.27. The summed E-state index contributed by atoms with van der Waals surface area (Å²) in [5.41, 5.74) is 2.80. The van der Waals surface area contributed by atoms with Gasteiger partial charge in [0.15, 0.2) is 0 Å². The van der Waals surface area contributed by atoms with E-state index in [1.54, 1.807) is 24.4 Å². The highest BCUT2D eigenvalue weighted by Gasteiger charge is 2.14. The molecule has 0 saturated carbocycles. The molecule has 7 heteroatoms. The van der Waals surface area contributed by atoms with Gasteiger partial charge in [0, 0.05) is 38.6 Å². The van der Waals surface area contributed by atoms with Gasteiger partial charge in [0.1, 0.15) is 0 Å². The number of nitrogens with one attached hydrogen (secondary N) is 1. The minimum Gasteiger partial charge on any atom is -0.390 e. The Balaban J connectivity index is 1.56. The van der Waals surface area contributed by atoms with Gasteiger partial charge in [-0.25, -0.2) is 0 Å². The van der Waals surface area contributed by atoms with E-state index in [2.05, 4.69) is 27.3 Å². The number of aromatic nitrogens is 1. The number of carbonyl (C=O) groups excluding carboxylic acids is 1. The molecule has 0 aliphatic rings. The topological polar surface area (TPSA) is 65.5 Å². The van der Waals surface area contributed by atoms with Crippen LogP contribution >= 0.6 is 23.2 Å². The highest BCUT2D eigenvalue weighted by molar-refractivity contribution is 6.42. The lowest BCUT2D eigenvalue weighted by Gasteiger charge is -2.25. The number of aliphatic hydroxyl groups is 1. The molecule has 1 atom stereocenters. The summed E-state index contributed by atoms with van der Waals surface area (Å²) in [7, 11) is 0. The molecule has 1 unspecified atom stereocenters. The Hall–Kier alpha value is -2.44. The quantitative estimate of drug-likeness (QED) is 0.438. The highest BCUT2D eigenvalue weighted by atomic mass is 35.5. The van der Waals surface area contributed by atoms with Crippen LogP contribution in [0, 0.1) is 0 Å². The number of hydrogen-bond acceptors (Lipinski definition) is 4. The normalized spacial score (nSPS) is 12.0. The molecule has 0 saturated heterocycles. The maximum atomic E-state index is 12.2. The first kappa shape index (κ1) is 24.2. The molecular formula is C25H27Cl2N3O2. The van der Waals surface area contributed by atoms with Gasteiger partial charge in [-0.15, -0.1) is 0 Å². The number of pyridine rings is 1. The third kappa shape index (κ3) is 7.92. The van der Waals surface area contributed by atoms with Crippen LogP contribution in [-0.4, -0.2) is 53.2 Å². The molecule has 0 aliphatic heterocycles. The summed E-state index contributed by atoms with van der Waals surface area (Å²) in [5.74, 6) is -0.246. The molecule has 1 amide bonds. The van der Waals surface area contributed by atoms with E-state index in [4.69, 9.17) is 23.2 Å². The van der Waals surface area contributed by atoms with E-state index in [1.165, 1.54) is 11.8 Å². The van der Waals surface area contributed by atoms with Gasteiger partial charge in [-0.2, -0.15) is 0 Å². The lowest BCUT2D eigenvalue weighted by Crippen LogP contribution is -2.41. The van der Waals surface area contributed by atoms with Gasteiger partial charge in [0.05, 0.1) is 21.7 Å². The van der Waals surface area contributed by atoms with Crippen molar-refractivity contribution < 1.29 is 9.90 Å². The standard InChI is InChI=1S/C25H27Cl2N3O2/c26-23-9-8-20(15-24(23)27)11-14-30(13-10-19-5-2-1-3-6-19)18-22(31)17-29-25(32)21-7-4-12-28-16-21/h1-9,12,15-16,22,31H,10-11,13-14,17-18H2,(H,29,32). The van der Waals surface area contributed by atoms with Gasteiger partial charge in [0.25, 0.3) is 5.91 Å². The van der Waals surface area contributed by atoms with Crippen molar-refractivity contribution in [2.45, 2.75) is 18.9 Å². The van der Waals surface area contributed by atoms with Gasteiger partial charge >= 0.3 is 0 Å². The lowest BCUT2D eigenvalue weighted by molar-refractivity contribution is 0.0860. The van der Waals surface area contributed by atoms with Crippen LogP contribution in [0.4, 0.5) is 0 Å². The molecule has 1 aromatic heterocycles. The molecule has 0 fully saturated rings. The smallest absolute Gasteiger partial charge is 0.252 e. The first-order valence-electron chi connectivity index (χ1n) is 10.6. The van der Waals surface area contributed by atoms with Gasteiger partial charge < -0.3 is 15.3 Å². The Labute approximate surface area is 199 Å². The van der Waals surface area contributed by atoms with Crippen LogP contribution in [0.15, 0.2) is 73.1 Å². The molecule has 5 nitrogen and oxygen atoms in total. The fourth-order valence-corrected chi connectivity index (χ4v) is 3.70. The summed E-state index contributed by atoms with van der Waals surface area (Å²) < 4.78 is 0. The Kier molecular flexibility index (Phi) is 9.50. The van der Waals surface area contributed by atoms with E-state index in [1.807, 2.05) is 30.3 Å². The molecule has 0 bridgehead atoms. The van der Waals surface area contributed by atoms with Crippen LogP contribution in [0.3, 0.4) is 0 Å². The van der Waals surface area contributed by atoms with Gasteiger partial charge in [-0.3, -0.25) is 9.78 Å². The van der Waals surface area contributed by atoms with Crippen LogP contribution in [-0.2, 0) is 12.8 Å². The monoisotopic (exact) mass is 471 g/mol. The van der Waals surface area contributed by atoms with E-state index >= 15 is 0 Å². The van der Waals surface area contributed by atoms with Crippen LogP contribution in [0.1, 0.15) is 21.5 Å². The second-order valence-corrected chi connectivity index (χ2v) is 8.45. The number of rotatable bonds is 11. The zero-order valence-electron chi connectivity index (χ0n) is 17.8. The first-order chi connectivity index (χ1) is 15.5. The zero-order chi connectivity index (χ0) is 22.8. The molecule has 0 spiro atoms. The van der Waals surface area contributed by atoms with Crippen molar-refractivity contribution >= 4 is 29.1 Å². The Morgan fingerprint density at radius 2 is 1.72 bits per heavy atom. The van der Waals surface area contributed by atoms with Crippen LogP contribution in [0.25, 0.3) is 0 Å². The molecule has 2 N–H and O–H groups in total. The fourth-order valence-electron chi connectivity index (χ4n) is 3.38. The average Bonchev–Trinajstić information content (AvgIpc) is 2.82. The zero-order valence-corrected chi connectivity index (χ0v) is 19.3. The third-order valence-corrected chi connectivity index (χ3v) is 5.89. The Bertz CT molecular complexity index is 987. The Morgan fingerprint density at radius 3 is 2.41 bits per heavy atom. The second-order valence-electron chi connectivity index (χ2n) is 7.64. The van der Waals surface area contributed by atoms with E-state index in [-0.39, 0.29) is 12.5 Å². The van der Waals surface area contributed by atoms with Gasteiger partial charge in [0.2, 0.25) is 0 Å². The molecular weight excluding hydrogens is 445 g/mol. The number of halogens is 2. The van der Waals surface area contributed by atoms with E-state index in [0.29, 0.717) is 22.2 Å². The first-order valence-corrected chi connectivity index (χ1v) is 11.3. The molecule has 168 valence electrons. The maximum absolute atomic E-state index is 12.2. The van der Waals surface area contributed by atoms with Crippen LogP contribution in [0.5, 0.6) is 0 Å². The van der Waals surface area contributed by atoms with Gasteiger partial charge in [-0.1, -0.05) is 59.6 Å². The lowest BCUT2D eigenvalue weighted by atomic mass is 10.1.